The molecule has 0 saturated carbocycles. The Balaban J connectivity index is 2.11. The summed E-state index contributed by atoms with van der Waals surface area (Å²) in [6.07, 6.45) is 4.11. The van der Waals surface area contributed by atoms with E-state index < -0.39 is 0 Å². The summed E-state index contributed by atoms with van der Waals surface area (Å²) >= 11 is 3.45. The molecule has 1 atom stereocenters. The molecule has 0 aliphatic carbocycles. The van der Waals surface area contributed by atoms with E-state index in [0.717, 1.165) is 42.0 Å². The molecule has 0 amide bonds. The largest absolute Gasteiger partial charge is 0.302 e. The normalized spacial score (nSPS) is 26.6. The van der Waals surface area contributed by atoms with Gasteiger partial charge in [0.05, 0.1) is 15.4 Å². The first-order chi connectivity index (χ1) is 6.74. The van der Waals surface area contributed by atoms with Crippen molar-refractivity contribution >= 4 is 29.4 Å². The van der Waals surface area contributed by atoms with E-state index >= 15 is 0 Å². The highest BCUT2D eigenvalue weighted by Gasteiger charge is 2.35. The van der Waals surface area contributed by atoms with Gasteiger partial charge >= 0.3 is 0 Å². The van der Waals surface area contributed by atoms with Gasteiger partial charge in [-0.3, -0.25) is 0 Å². The van der Waals surface area contributed by atoms with Crippen LogP contribution in [0, 0.1) is 6.92 Å². The molecule has 1 fully saturated rings. The van der Waals surface area contributed by atoms with Crippen LogP contribution >= 0.6 is 23.1 Å². The Morgan fingerprint density at radius 2 is 2.57 bits per heavy atom. The number of rotatable bonds is 3. The highest BCUT2D eigenvalue weighted by Crippen LogP contribution is 2.39. The van der Waals surface area contributed by atoms with Gasteiger partial charge in [0.25, 0.3) is 0 Å². The maximum atomic E-state index is 11.1. The first kappa shape index (κ1) is 10.2. The lowest BCUT2D eigenvalue weighted by molar-refractivity contribution is -0.109. The standard InChI is InChI=1S/C10H13NOS2/c1-8-11-9(6-13-8)5-10(7-12)3-2-4-14-10/h6-7H,2-5H2,1H3. The molecule has 0 N–H and O–H groups in total. The van der Waals surface area contributed by atoms with Gasteiger partial charge < -0.3 is 4.79 Å². The number of carbonyl (C=O) groups is 1. The Labute approximate surface area is 92.1 Å². The molecule has 1 unspecified atom stereocenters. The van der Waals surface area contributed by atoms with Crippen molar-refractivity contribution in [3.05, 3.63) is 16.1 Å². The van der Waals surface area contributed by atoms with Crippen molar-refractivity contribution in [1.82, 2.24) is 4.98 Å². The highest BCUT2D eigenvalue weighted by atomic mass is 32.2. The minimum atomic E-state index is -0.166. The molecular weight excluding hydrogens is 214 g/mol. The quantitative estimate of drug-likeness (QED) is 0.743. The van der Waals surface area contributed by atoms with Crippen LogP contribution in [0.1, 0.15) is 23.5 Å². The van der Waals surface area contributed by atoms with E-state index in [-0.39, 0.29) is 4.75 Å². The van der Waals surface area contributed by atoms with E-state index in [1.54, 1.807) is 23.1 Å². The number of hydrogen-bond acceptors (Lipinski definition) is 4. The Morgan fingerprint density at radius 3 is 3.07 bits per heavy atom. The molecule has 1 saturated heterocycles. The summed E-state index contributed by atoms with van der Waals surface area (Å²) in [4.78, 5) is 15.5. The van der Waals surface area contributed by atoms with Gasteiger partial charge in [-0.05, 0) is 25.5 Å². The Hall–Kier alpha value is -0.350. The first-order valence-corrected chi connectivity index (χ1v) is 6.62. The zero-order valence-corrected chi connectivity index (χ0v) is 9.79. The van der Waals surface area contributed by atoms with Crippen LogP contribution in [0.3, 0.4) is 0 Å². The van der Waals surface area contributed by atoms with Crippen LogP contribution in [0.4, 0.5) is 0 Å². The van der Waals surface area contributed by atoms with E-state index in [0.29, 0.717) is 0 Å². The summed E-state index contributed by atoms with van der Waals surface area (Å²) in [5.74, 6) is 1.11. The van der Waals surface area contributed by atoms with Crippen molar-refractivity contribution in [3.63, 3.8) is 0 Å². The Bertz CT molecular complexity index is 329. The van der Waals surface area contributed by atoms with Crippen LogP contribution < -0.4 is 0 Å². The number of hydrogen-bond donors (Lipinski definition) is 0. The predicted molar refractivity (Wildman–Crippen MR) is 61.0 cm³/mol. The van der Waals surface area contributed by atoms with Gasteiger partial charge in [-0.2, -0.15) is 0 Å². The molecule has 1 aliphatic heterocycles. The number of aldehydes is 1. The van der Waals surface area contributed by atoms with Crippen LogP contribution in [0.25, 0.3) is 0 Å². The summed E-state index contributed by atoms with van der Waals surface area (Å²) in [5.41, 5.74) is 1.08. The molecule has 0 radical (unpaired) electrons. The third-order valence-corrected chi connectivity index (χ3v) is 4.83. The number of carbonyl (C=O) groups excluding carboxylic acids is 1. The molecule has 76 valence electrons. The van der Waals surface area contributed by atoms with Gasteiger partial charge in [0, 0.05) is 11.8 Å². The smallest absolute Gasteiger partial charge is 0.136 e. The number of nitrogens with zero attached hydrogens (tertiary/aromatic N) is 1. The maximum absolute atomic E-state index is 11.1. The third-order valence-electron chi connectivity index (χ3n) is 2.50. The summed E-state index contributed by atoms with van der Waals surface area (Å²) in [7, 11) is 0. The second-order valence-corrected chi connectivity index (χ2v) is 6.24. The summed E-state index contributed by atoms with van der Waals surface area (Å²) < 4.78 is -0.166. The number of aryl methyl sites for hydroxylation is 1. The molecule has 4 heteroatoms. The van der Waals surface area contributed by atoms with Gasteiger partial charge in [-0.25, -0.2) is 4.98 Å². The van der Waals surface area contributed by atoms with E-state index in [4.69, 9.17) is 0 Å². The molecule has 2 nitrogen and oxygen atoms in total. The van der Waals surface area contributed by atoms with E-state index in [9.17, 15) is 4.79 Å². The van der Waals surface area contributed by atoms with Gasteiger partial charge in [-0.15, -0.1) is 23.1 Å². The molecule has 1 aromatic rings. The minimum Gasteiger partial charge on any atom is -0.302 e. The molecule has 2 heterocycles. The topological polar surface area (TPSA) is 30.0 Å². The van der Waals surface area contributed by atoms with E-state index in [2.05, 4.69) is 10.4 Å². The second-order valence-electron chi connectivity index (χ2n) is 3.67. The fourth-order valence-corrected chi connectivity index (χ4v) is 3.70. The lowest BCUT2D eigenvalue weighted by Crippen LogP contribution is -2.26. The average Bonchev–Trinajstić information content (AvgIpc) is 2.77. The van der Waals surface area contributed by atoms with Crippen LogP contribution in [0.2, 0.25) is 0 Å². The van der Waals surface area contributed by atoms with Gasteiger partial charge in [-0.1, -0.05) is 0 Å². The summed E-state index contributed by atoms with van der Waals surface area (Å²) in [6, 6.07) is 0. The lowest BCUT2D eigenvalue weighted by atomic mass is 9.99. The first-order valence-electron chi connectivity index (χ1n) is 4.75. The Morgan fingerprint density at radius 1 is 1.71 bits per heavy atom. The number of aromatic nitrogens is 1. The average molecular weight is 227 g/mol. The van der Waals surface area contributed by atoms with Crippen LogP contribution in [-0.2, 0) is 11.2 Å². The van der Waals surface area contributed by atoms with Crippen molar-refractivity contribution in [2.45, 2.75) is 30.9 Å². The molecule has 2 rings (SSSR count). The van der Waals surface area contributed by atoms with Crippen molar-refractivity contribution in [1.29, 1.82) is 0 Å². The Kier molecular flexibility index (Phi) is 2.93. The fraction of sp³-hybridized carbons (Fsp3) is 0.600. The molecular formula is C10H13NOS2. The monoisotopic (exact) mass is 227 g/mol. The molecule has 0 spiro atoms. The van der Waals surface area contributed by atoms with Crippen LogP contribution in [-0.4, -0.2) is 21.8 Å². The van der Waals surface area contributed by atoms with Gasteiger partial charge in [0.1, 0.15) is 6.29 Å². The van der Waals surface area contributed by atoms with Crippen LogP contribution in [0.15, 0.2) is 5.38 Å². The highest BCUT2D eigenvalue weighted by molar-refractivity contribution is 8.01. The van der Waals surface area contributed by atoms with Gasteiger partial charge in [0.15, 0.2) is 0 Å². The zero-order valence-electron chi connectivity index (χ0n) is 8.16. The van der Waals surface area contributed by atoms with Crippen molar-refractivity contribution in [3.8, 4) is 0 Å². The molecule has 0 aromatic carbocycles. The number of thiazole rings is 1. The van der Waals surface area contributed by atoms with Crippen molar-refractivity contribution in [2.75, 3.05) is 5.75 Å². The molecule has 1 aliphatic rings. The minimum absolute atomic E-state index is 0.166. The molecule has 1 aromatic heterocycles. The molecule has 14 heavy (non-hydrogen) atoms. The van der Waals surface area contributed by atoms with Crippen LogP contribution in [0.5, 0.6) is 0 Å². The second kappa shape index (κ2) is 4.03. The number of thioether (sulfide) groups is 1. The summed E-state index contributed by atoms with van der Waals surface area (Å²) in [5, 5.41) is 3.16. The SMILES string of the molecule is Cc1nc(CC2(C=O)CCCS2)cs1. The van der Waals surface area contributed by atoms with E-state index in [1.807, 2.05) is 6.92 Å². The summed E-state index contributed by atoms with van der Waals surface area (Å²) in [6.45, 7) is 2.00. The molecule has 0 bridgehead atoms. The zero-order chi connectivity index (χ0) is 10.0. The van der Waals surface area contributed by atoms with Gasteiger partial charge in [0.2, 0.25) is 0 Å². The lowest BCUT2D eigenvalue weighted by Gasteiger charge is -2.18. The fourth-order valence-electron chi connectivity index (χ4n) is 1.79. The van der Waals surface area contributed by atoms with E-state index in [1.165, 1.54) is 0 Å². The van der Waals surface area contributed by atoms with Crippen molar-refractivity contribution < 1.29 is 4.79 Å². The maximum Gasteiger partial charge on any atom is 0.136 e. The predicted octanol–water partition coefficient (Wildman–Crippen LogP) is 2.46. The third kappa shape index (κ3) is 2.01. The van der Waals surface area contributed by atoms with Crippen molar-refractivity contribution in [2.24, 2.45) is 0 Å².